The van der Waals surface area contributed by atoms with Gasteiger partial charge in [0.05, 0.1) is 5.56 Å². The number of fused-ring (bicyclic) bond motifs is 1. The van der Waals surface area contributed by atoms with Gasteiger partial charge in [-0.1, -0.05) is 12.8 Å². The fourth-order valence-corrected chi connectivity index (χ4v) is 4.22. The third kappa shape index (κ3) is 2.62. The van der Waals surface area contributed by atoms with E-state index in [1.54, 1.807) is 6.07 Å². The molecule has 4 heteroatoms. The molecule has 1 aromatic carbocycles. The summed E-state index contributed by atoms with van der Waals surface area (Å²) in [6.07, 6.45) is 7.22. The molecular weight excluding hydrogens is 321 g/mol. The van der Waals surface area contributed by atoms with Crippen LogP contribution < -0.4 is 0 Å². The molecule has 2 aliphatic rings. The predicted molar refractivity (Wildman–Crippen MR) is 80.1 cm³/mol. The van der Waals surface area contributed by atoms with Crippen molar-refractivity contribution in [1.82, 2.24) is 4.90 Å². The molecule has 0 radical (unpaired) electrons. The minimum absolute atomic E-state index is 0.0495. The van der Waals surface area contributed by atoms with Gasteiger partial charge in [-0.2, -0.15) is 0 Å². The molecule has 3 rings (SSSR count). The van der Waals surface area contributed by atoms with E-state index >= 15 is 0 Å². The van der Waals surface area contributed by atoms with Crippen molar-refractivity contribution >= 4 is 21.8 Å². The molecule has 20 heavy (non-hydrogen) atoms. The first-order chi connectivity index (χ1) is 9.66. The number of nitrogens with zero attached hydrogens (tertiary/aromatic N) is 1. The predicted octanol–water partition coefficient (Wildman–Crippen LogP) is 4.38. The molecule has 1 aliphatic heterocycles. The SMILES string of the molecule is O=C(c1ccc(F)cc1Br)N1CCC[C@H]2CCCC[C@H]21. The highest BCUT2D eigenvalue weighted by molar-refractivity contribution is 9.10. The Morgan fingerprint density at radius 1 is 1.20 bits per heavy atom. The van der Waals surface area contributed by atoms with E-state index < -0.39 is 0 Å². The molecule has 2 fully saturated rings. The van der Waals surface area contributed by atoms with Gasteiger partial charge in [-0.3, -0.25) is 4.79 Å². The van der Waals surface area contributed by atoms with Gasteiger partial charge in [0.25, 0.3) is 5.91 Å². The monoisotopic (exact) mass is 339 g/mol. The summed E-state index contributed by atoms with van der Waals surface area (Å²) in [5, 5.41) is 0. The van der Waals surface area contributed by atoms with Gasteiger partial charge in [-0.25, -0.2) is 4.39 Å². The van der Waals surface area contributed by atoms with E-state index in [-0.39, 0.29) is 11.7 Å². The Morgan fingerprint density at radius 2 is 1.95 bits per heavy atom. The quantitative estimate of drug-likeness (QED) is 0.743. The number of carbonyl (C=O) groups is 1. The fourth-order valence-electron chi connectivity index (χ4n) is 3.69. The van der Waals surface area contributed by atoms with E-state index in [1.807, 2.05) is 4.90 Å². The van der Waals surface area contributed by atoms with Crippen LogP contribution in [0.5, 0.6) is 0 Å². The second-order valence-electron chi connectivity index (χ2n) is 5.88. The van der Waals surface area contributed by atoms with E-state index in [2.05, 4.69) is 15.9 Å². The average Bonchev–Trinajstić information content (AvgIpc) is 2.46. The zero-order valence-electron chi connectivity index (χ0n) is 11.4. The van der Waals surface area contributed by atoms with E-state index in [0.717, 1.165) is 19.4 Å². The van der Waals surface area contributed by atoms with Gasteiger partial charge in [0.1, 0.15) is 5.82 Å². The van der Waals surface area contributed by atoms with E-state index in [0.29, 0.717) is 22.0 Å². The number of benzene rings is 1. The number of hydrogen-bond donors (Lipinski definition) is 0. The summed E-state index contributed by atoms with van der Waals surface area (Å²) in [5.74, 6) is 0.400. The van der Waals surface area contributed by atoms with Crippen LogP contribution in [0.3, 0.4) is 0 Å². The van der Waals surface area contributed by atoms with Crippen molar-refractivity contribution in [2.75, 3.05) is 6.54 Å². The van der Waals surface area contributed by atoms with Gasteiger partial charge < -0.3 is 4.90 Å². The molecule has 1 aliphatic carbocycles. The van der Waals surface area contributed by atoms with Crippen LogP contribution in [0.4, 0.5) is 4.39 Å². The molecule has 2 atom stereocenters. The molecule has 0 spiro atoms. The molecule has 1 heterocycles. The van der Waals surface area contributed by atoms with Crippen LogP contribution in [0, 0.1) is 11.7 Å². The fraction of sp³-hybridized carbons (Fsp3) is 0.562. The third-order valence-electron chi connectivity index (χ3n) is 4.67. The highest BCUT2D eigenvalue weighted by Gasteiger charge is 2.36. The minimum Gasteiger partial charge on any atom is -0.335 e. The van der Waals surface area contributed by atoms with Crippen molar-refractivity contribution in [2.45, 2.75) is 44.6 Å². The molecule has 0 bridgehead atoms. The van der Waals surface area contributed by atoms with Crippen LogP contribution in [0.2, 0.25) is 0 Å². The first kappa shape index (κ1) is 14.1. The second kappa shape index (κ2) is 5.84. The highest BCUT2D eigenvalue weighted by atomic mass is 79.9. The topological polar surface area (TPSA) is 20.3 Å². The van der Waals surface area contributed by atoms with Crippen LogP contribution in [0.15, 0.2) is 22.7 Å². The molecule has 2 nitrogen and oxygen atoms in total. The van der Waals surface area contributed by atoms with Crippen molar-refractivity contribution in [1.29, 1.82) is 0 Å². The number of likely N-dealkylation sites (tertiary alicyclic amines) is 1. The van der Waals surface area contributed by atoms with Gasteiger partial charge in [-0.05, 0) is 65.7 Å². The lowest BCUT2D eigenvalue weighted by Gasteiger charge is -2.44. The Morgan fingerprint density at radius 3 is 2.75 bits per heavy atom. The smallest absolute Gasteiger partial charge is 0.255 e. The standard InChI is InChI=1S/C16H19BrFNO/c17-14-10-12(18)7-8-13(14)16(20)19-9-3-5-11-4-1-2-6-15(11)19/h7-8,10-11,15H,1-6,9H2/t11-,15-/m1/s1. The second-order valence-corrected chi connectivity index (χ2v) is 6.73. The highest BCUT2D eigenvalue weighted by Crippen LogP contribution is 2.36. The van der Waals surface area contributed by atoms with Crippen LogP contribution in [-0.2, 0) is 0 Å². The van der Waals surface area contributed by atoms with Gasteiger partial charge in [0, 0.05) is 17.1 Å². The van der Waals surface area contributed by atoms with Crippen molar-refractivity contribution < 1.29 is 9.18 Å². The summed E-state index contributed by atoms with van der Waals surface area (Å²) in [6, 6.07) is 4.71. The summed E-state index contributed by atoms with van der Waals surface area (Å²) >= 11 is 3.31. The Bertz CT molecular complexity index is 517. The summed E-state index contributed by atoms with van der Waals surface area (Å²) in [5.41, 5.74) is 0.581. The van der Waals surface area contributed by atoms with E-state index in [9.17, 15) is 9.18 Å². The number of carbonyl (C=O) groups excluding carboxylic acids is 1. The molecule has 0 unspecified atom stereocenters. The third-order valence-corrected chi connectivity index (χ3v) is 5.32. The van der Waals surface area contributed by atoms with Crippen LogP contribution in [-0.4, -0.2) is 23.4 Å². The Kier molecular flexibility index (Phi) is 4.11. The minimum atomic E-state index is -0.317. The lowest BCUT2D eigenvalue weighted by molar-refractivity contribution is 0.0390. The normalized spacial score (nSPS) is 26.2. The van der Waals surface area contributed by atoms with Gasteiger partial charge in [0.15, 0.2) is 0 Å². The van der Waals surface area contributed by atoms with Crippen molar-refractivity contribution in [3.05, 3.63) is 34.1 Å². The number of hydrogen-bond acceptors (Lipinski definition) is 1. The number of halogens is 2. The summed E-state index contributed by atoms with van der Waals surface area (Å²) in [7, 11) is 0. The van der Waals surface area contributed by atoms with Crippen LogP contribution >= 0.6 is 15.9 Å². The zero-order valence-corrected chi connectivity index (χ0v) is 13.0. The van der Waals surface area contributed by atoms with Crippen molar-refractivity contribution in [2.24, 2.45) is 5.92 Å². The maximum Gasteiger partial charge on any atom is 0.255 e. The number of piperidine rings is 1. The summed E-state index contributed by atoms with van der Waals surface area (Å²) in [6.45, 7) is 0.837. The first-order valence-corrected chi connectivity index (χ1v) is 8.22. The molecule has 1 saturated heterocycles. The Balaban J connectivity index is 1.85. The van der Waals surface area contributed by atoms with Gasteiger partial charge in [0.2, 0.25) is 0 Å². The van der Waals surface area contributed by atoms with Crippen LogP contribution in [0.25, 0.3) is 0 Å². The number of amides is 1. The average molecular weight is 340 g/mol. The summed E-state index contributed by atoms with van der Waals surface area (Å²) in [4.78, 5) is 14.8. The molecule has 1 aromatic rings. The lowest BCUT2D eigenvalue weighted by atomic mass is 9.78. The molecule has 108 valence electrons. The maximum atomic E-state index is 13.2. The molecular formula is C16H19BrFNO. The molecule has 0 aromatic heterocycles. The van der Waals surface area contributed by atoms with Crippen molar-refractivity contribution in [3.63, 3.8) is 0 Å². The van der Waals surface area contributed by atoms with Gasteiger partial charge >= 0.3 is 0 Å². The van der Waals surface area contributed by atoms with Gasteiger partial charge in [-0.15, -0.1) is 0 Å². The molecule has 1 amide bonds. The lowest BCUT2D eigenvalue weighted by Crippen LogP contribution is -2.49. The molecule has 0 N–H and O–H groups in total. The van der Waals surface area contributed by atoms with Crippen molar-refractivity contribution in [3.8, 4) is 0 Å². The largest absolute Gasteiger partial charge is 0.335 e. The Labute approximate surface area is 127 Å². The van der Waals surface area contributed by atoms with Crippen LogP contribution in [0.1, 0.15) is 48.9 Å². The van der Waals surface area contributed by atoms with E-state index in [1.165, 1.54) is 37.8 Å². The molecule has 1 saturated carbocycles. The summed E-state index contributed by atoms with van der Waals surface area (Å²) < 4.78 is 13.7. The first-order valence-electron chi connectivity index (χ1n) is 7.43. The zero-order chi connectivity index (χ0) is 14.1. The maximum absolute atomic E-state index is 13.2. The van der Waals surface area contributed by atoms with E-state index in [4.69, 9.17) is 0 Å². The number of rotatable bonds is 1. The Hall–Kier alpha value is -0.900.